The summed E-state index contributed by atoms with van der Waals surface area (Å²) in [6.45, 7) is 3.60. The lowest BCUT2D eigenvalue weighted by Crippen LogP contribution is -2.36. The lowest BCUT2D eigenvalue weighted by molar-refractivity contribution is -0.131. The second-order valence-corrected chi connectivity index (χ2v) is 6.34. The lowest BCUT2D eigenvalue weighted by atomic mass is 10.0. The summed E-state index contributed by atoms with van der Waals surface area (Å²) in [5, 5.41) is 11.4. The first-order valence-electron chi connectivity index (χ1n) is 6.42. The van der Waals surface area contributed by atoms with Crippen molar-refractivity contribution in [1.82, 2.24) is 5.32 Å². The van der Waals surface area contributed by atoms with E-state index < -0.39 is 16.8 Å². The number of carbonyl (C=O) groups is 2. The zero-order valence-electron chi connectivity index (χ0n) is 12.3. The third kappa shape index (κ3) is 5.91. The van der Waals surface area contributed by atoms with Crippen molar-refractivity contribution in [2.75, 3.05) is 12.0 Å². The number of aryl methyl sites for hydroxylation is 1. The van der Waals surface area contributed by atoms with Crippen molar-refractivity contribution in [3.8, 4) is 0 Å². The summed E-state index contributed by atoms with van der Waals surface area (Å²) in [4.78, 5) is 22.7. The predicted octanol–water partition coefficient (Wildman–Crippen LogP) is 1.59. The molecule has 2 N–H and O–H groups in total. The van der Waals surface area contributed by atoms with E-state index in [-0.39, 0.29) is 11.9 Å². The van der Waals surface area contributed by atoms with Crippen LogP contribution >= 0.6 is 0 Å². The Bertz CT molecular complexity index is 595. The number of hydrogen-bond acceptors (Lipinski definition) is 3. The number of hydrogen-bond donors (Lipinski definition) is 2. The van der Waals surface area contributed by atoms with Crippen molar-refractivity contribution in [1.29, 1.82) is 0 Å². The third-order valence-corrected chi connectivity index (χ3v) is 3.76. The molecule has 6 heteroatoms. The monoisotopic (exact) mass is 309 g/mol. The van der Waals surface area contributed by atoms with Gasteiger partial charge >= 0.3 is 5.97 Å². The number of benzene rings is 1. The highest BCUT2D eigenvalue weighted by atomic mass is 32.2. The summed E-state index contributed by atoms with van der Waals surface area (Å²) in [5.41, 5.74) is 1.92. The van der Waals surface area contributed by atoms with Gasteiger partial charge in [-0.2, -0.15) is 0 Å². The molecule has 0 fully saturated rings. The molecular formula is C15H19NO4S. The Balaban J connectivity index is 2.90. The average Bonchev–Trinajstić information content (AvgIpc) is 2.36. The summed E-state index contributed by atoms with van der Waals surface area (Å²) in [6.07, 6.45) is 4.05. The summed E-state index contributed by atoms with van der Waals surface area (Å²) in [5.74, 6) is -0.903. The third-order valence-electron chi connectivity index (χ3n) is 2.79. The SMILES string of the molecule is Cc1ccc(/C=C/C(=O)O)cc1C(=O)NC(C)CS(C)=O. The van der Waals surface area contributed by atoms with E-state index in [1.54, 1.807) is 31.4 Å². The second-order valence-electron chi connectivity index (χ2n) is 4.86. The first kappa shape index (κ1) is 17.1. The molecule has 0 saturated carbocycles. The van der Waals surface area contributed by atoms with Gasteiger partial charge in [-0.3, -0.25) is 9.00 Å². The highest BCUT2D eigenvalue weighted by molar-refractivity contribution is 7.84. The number of carbonyl (C=O) groups excluding carboxylic acids is 1. The van der Waals surface area contributed by atoms with Crippen molar-refractivity contribution < 1.29 is 18.9 Å². The van der Waals surface area contributed by atoms with Crippen LogP contribution in [0.5, 0.6) is 0 Å². The molecule has 0 radical (unpaired) electrons. The van der Waals surface area contributed by atoms with Crippen LogP contribution in [0.3, 0.4) is 0 Å². The summed E-state index contributed by atoms with van der Waals surface area (Å²) in [7, 11) is -0.978. The van der Waals surface area contributed by atoms with Gasteiger partial charge in [0.05, 0.1) is 0 Å². The van der Waals surface area contributed by atoms with E-state index in [2.05, 4.69) is 5.32 Å². The van der Waals surface area contributed by atoms with E-state index >= 15 is 0 Å². The topological polar surface area (TPSA) is 83.5 Å². The summed E-state index contributed by atoms with van der Waals surface area (Å²) in [6, 6.07) is 4.95. The normalized spacial score (nSPS) is 13.9. The van der Waals surface area contributed by atoms with Gasteiger partial charge in [-0.15, -0.1) is 0 Å². The largest absolute Gasteiger partial charge is 0.478 e. The number of nitrogens with one attached hydrogen (secondary N) is 1. The van der Waals surface area contributed by atoms with E-state index in [1.807, 2.05) is 6.92 Å². The van der Waals surface area contributed by atoms with Gasteiger partial charge in [0.15, 0.2) is 0 Å². The molecule has 0 spiro atoms. The van der Waals surface area contributed by atoms with Crippen molar-refractivity contribution in [2.45, 2.75) is 19.9 Å². The van der Waals surface area contributed by atoms with Crippen LogP contribution in [0, 0.1) is 6.92 Å². The van der Waals surface area contributed by atoms with E-state index in [9.17, 15) is 13.8 Å². The van der Waals surface area contributed by atoms with Crippen LogP contribution in [0.25, 0.3) is 6.08 Å². The summed E-state index contributed by atoms with van der Waals surface area (Å²) >= 11 is 0. The Hall–Kier alpha value is -1.95. The van der Waals surface area contributed by atoms with Crippen LogP contribution in [0.1, 0.15) is 28.4 Å². The first-order valence-corrected chi connectivity index (χ1v) is 8.15. The molecule has 0 heterocycles. The first-order chi connectivity index (χ1) is 9.79. The number of carboxylic acid groups (broad SMARTS) is 1. The molecule has 1 amide bonds. The number of aliphatic carboxylic acids is 1. The molecule has 5 nitrogen and oxygen atoms in total. The van der Waals surface area contributed by atoms with Gasteiger partial charge in [0.25, 0.3) is 5.91 Å². The maximum absolute atomic E-state index is 12.2. The fraction of sp³-hybridized carbons (Fsp3) is 0.333. The van der Waals surface area contributed by atoms with Crippen LogP contribution in [-0.2, 0) is 15.6 Å². The Morgan fingerprint density at radius 1 is 1.43 bits per heavy atom. The molecule has 21 heavy (non-hydrogen) atoms. The highest BCUT2D eigenvalue weighted by Crippen LogP contribution is 2.13. The minimum absolute atomic E-state index is 0.194. The van der Waals surface area contributed by atoms with Crippen LogP contribution in [0.2, 0.25) is 0 Å². The Kier molecular flexibility index (Phi) is 6.30. The number of rotatable bonds is 6. The quantitative estimate of drug-likeness (QED) is 0.782. The molecule has 0 aromatic heterocycles. The van der Waals surface area contributed by atoms with Gasteiger partial charge in [0.1, 0.15) is 0 Å². The van der Waals surface area contributed by atoms with Gasteiger partial charge in [-0.25, -0.2) is 4.79 Å². The molecule has 2 unspecified atom stereocenters. The van der Waals surface area contributed by atoms with Crippen molar-refractivity contribution >= 4 is 28.8 Å². The van der Waals surface area contributed by atoms with Crippen LogP contribution in [0.15, 0.2) is 24.3 Å². The van der Waals surface area contributed by atoms with Gasteiger partial charge in [0, 0.05) is 40.5 Å². The molecule has 0 saturated heterocycles. The van der Waals surface area contributed by atoms with E-state index in [4.69, 9.17) is 5.11 Å². The average molecular weight is 309 g/mol. The fourth-order valence-electron chi connectivity index (χ4n) is 1.85. The van der Waals surface area contributed by atoms with Crippen LogP contribution in [0.4, 0.5) is 0 Å². The molecule has 0 aliphatic carbocycles. The smallest absolute Gasteiger partial charge is 0.328 e. The molecule has 0 bridgehead atoms. The maximum atomic E-state index is 12.2. The maximum Gasteiger partial charge on any atom is 0.328 e. The van der Waals surface area contributed by atoms with Crippen molar-refractivity contribution in [2.24, 2.45) is 0 Å². The Morgan fingerprint density at radius 2 is 2.10 bits per heavy atom. The molecular weight excluding hydrogens is 290 g/mol. The molecule has 1 rings (SSSR count). The molecule has 0 aliphatic rings. The number of carboxylic acids is 1. The highest BCUT2D eigenvalue weighted by Gasteiger charge is 2.13. The predicted molar refractivity (Wildman–Crippen MR) is 83.7 cm³/mol. The zero-order valence-corrected chi connectivity index (χ0v) is 13.1. The van der Waals surface area contributed by atoms with Crippen molar-refractivity contribution in [3.05, 3.63) is 41.0 Å². The van der Waals surface area contributed by atoms with Crippen molar-refractivity contribution in [3.63, 3.8) is 0 Å². The molecule has 0 aliphatic heterocycles. The van der Waals surface area contributed by atoms with Gasteiger partial charge in [-0.05, 0) is 37.1 Å². The summed E-state index contributed by atoms with van der Waals surface area (Å²) < 4.78 is 11.1. The Morgan fingerprint density at radius 3 is 2.67 bits per heavy atom. The second kappa shape index (κ2) is 7.73. The number of amides is 1. The van der Waals surface area contributed by atoms with E-state index in [0.717, 1.165) is 11.6 Å². The van der Waals surface area contributed by atoms with Crippen LogP contribution in [-0.4, -0.2) is 39.2 Å². The van der Waals surface area contributed by atoms with E-state index in [0.29, 0.717) is 16.9 Å². The Labute approximate surface area is 126 Å². The van der Waals surface area contributed by atoms with Gasteiger partial charge in [-0.1, -0.05) is 12.1 Å². The van der Waals surface area contributed by atoms with Crippen LogP contribution < -0.4 is 5.32 Å². The fourth-order valence-corrected chi connectivity index (χ4v) is 2.64. The zero-order chi connectivity index (χ0) is 16.0. The lowest BCUT2D eigenvalue weighted by Gasteiger charge is -2.14. The van der Waals surface area contributed by atoms with Gasteiger partial charge < -0.3 is 10.4 Å². The minimum Gasteiger partial charge on any atom is -0.478 e. The molecule has 114 valence electrons. The van der Waals surface area contributed by atoms with Gasteiger partial charge in [0.2, 0.25) is 0 Å². The van der Waals surface area contributed by atoms with E-state index in [1.165, 1.54) is 6.08 Å². The molecule has 1 aromatic carbocycles. The standard InChI is InChI=1S/C15H19NO4S/c1-10-4-5-12(6-7-14(17)18)8-13(10)15(19)16-11(2)9-21(3)20/h4-8,11H,9H2,1-3H3,(H,16,19)(H,17,18)/b7-6+. The molecule has 2 atom stereocenters. The minimum atomic E-state index is -1.04. The molecule has 1 aromatic rings.